The first-order chi connectivity index (χ1) is 16.0. The lowest BCUT2D eigenvalue weighted by Gasteiger charge is -2.33. The van der Waals surface area contributed by atoms with Crippen LogP contribution in [0, 0.1) is 11.3 Å². The van der Waals surface area contributed by atoms with Crippen molar-refractivity contribution in [1.29, 1.82) is 0 Å². The Balaban J connectivity index is 1.69. The van der Waals surface area contributed by atoms with Crippen LogP contribution in [0.4, 0.5) is 16.6 Å². The second-order valence-corrected chi connectivity index (χ2v) is 12.3. The summed E-state index contributed by atoms with van der Waals surface area (Å²) in [5.74, 6) is 1.78. The van der Waals surface area contributed by atoms with Gasteiger partial charge < -0.3 is 14.6 Å². The van der Waals surface area contributed by atoms with E-state index in [1.165, 1.54) is 4.88 Å². The van der Waals surface area contributed by atoms with Crippen LogP contribution >= 0.6 is 38.9 Å². The van der Waals surface area contributed by atoms with Gasteiger partial charge in [0.1, 0.15) is 10.8 Å². The van der Waals surface area contributed by atoms with E-state index >= 15 is 0 Å². The second-order valence-electron chi connectivity index (χ2n) is 9.91. The number of benzene rings is 1. The summed E-state index contributed by atoms with van der Waals surface area (Å²) < 4.78 is 6.75. The number of nitrogens with one attached hydrogen (secondary N) is 1. The van der Waals surface area contributed by atoms with Crippen LogP contribution in [0.15, 0.2) is 44.2 Å². The van der Waals surface area contributed by atoms with Gasteiger partial charge in [-0.15, -0.1) is 11.3 Å². The van der Waals surface area contributed by atoms with Gasteiger partial charge in [-0.1, -0.05) is 32.4 Å². The van der Waals surface area contributed by atoms with E-state index in [9.17, 15) is 4.79 Å². The van der Waals surface area contributed by atoms with Crippen LogP contribution in [-0.4, -0.2) is 26.2 Å². The molecular weight excluding hydrogens is 534 g/mol. The Kier molecular flexibility index (Phi) is 7.27. The van der Waals surface area contributed by atoms with Crippen molar-refractivity contribution in [2.45, 2.75) is 40.0 Å². The van der Waals surface area contributed by atoms with Gasteiger partial charge in [0.2, 0.25) is 5.88 Å². The van der Waals surface area contributed by atoms with Crippen molar-refractivity contribution in [3.8, 4) is 0 Å². The average Bonchev–Trinajstić information content (AvgIpc) is 3.32. The molecule has 180 valence electrons. The fraction of sp³-hybridized carbons (Fsp3) is 0.385. The molecule has 1 aliphatic carbocycles. The molecule has 8 heteroatoms. The van der Waals surface area contributed by atoms with Gasteiger partial charge in [-0.05, 0) is 76.4 Å². The number of carbonyl (C=O) groups excluding carboxylic acids is 1. The van der Waals surface area contributed by atoms with E-state index in [0.717, 1.165) is 35.2 Å². The van der Waals surface area contributed by atoms with E-state index in [2.05, 4.69) is 42.0 Å². The summed E-state index contributed by atoms with van der Waals surface area (Å²) in [6.07, 6.45) is 4.60. The van der Waals surface area contributed by atoms with Gasteiger partial charge >= 0.3 is 0 Å². The van der Waals surface area contributed by atoms with Crippen molar-refractivity contribution in [2.24, 2.45) is 16.3 Å². The zero-order valence-electron chi connectivity index (χ0n) is 20.0. The van der Waals surface area contributed by atoms with Gasteiger partial charge in [-0.2, -0.15) is 0 Å². The molecule has 0 saturated carbocycles. The summed E-state index contributed by atoms with van der Waals surface area (Å²) in [6, 6.07) is 9.03. The highest BCUT2D eigenvalue weighted by molar-refractivity contribution is 9.10. The first kappa shape index (κ1) is 25.0. The Morgan fingerprint density at radius 3 is 2.62 bits per heavy atom. The highest BCUT2D eigenvalue weighted by atomic mass is 79.9. The average molecular weight is 563 g/mol. The molecule has 1 N–H and O–H groups in total. The lowest BCUT2D eigenvalue weighted by molar-refractivity contribution is 0.102. The molecule has 0 unspecified atom stereocenters. The van der Waals surface area contributed by atoms with E-state index in [1.54, 1.807) is 41.8 Å². The molecule has 0 saturated heterocycles. The van der Waals surface area contributed by atoms with Crippen LogP contribution in [0.3, 0.4) is 0 Å². The highest BCUT2D eigenvalue weighted by Gasteiger charge is 2.33. The van der Waals surface area contributed by atoms with Crippen molar-refractivity contribution in [2.75, 3.05) is 24.3 Å². The predicted octanol–water partition coefficient (Wildman–Crippen LogP) is 7.98. The number of carbonyl (C=O) groups is 1. The summed E-state index contributed by atoms with van der Waals surface area (Å²) >= 11 is 11.1. The van der Waals surface area contributed by atoms with Gasteiger partial charge in [0.25, 0.3) is 5.91 Å². The maximum absolute atomic E-state index is 13.4. The first-order valence-electron chi connectivity index (χ1n) is 11.2. The van der Waals surface area contributed by atoms with E-state index in [-0.39, 0.29) is 11.3 Å². The van der Waals surface area contributed by atoms with Crippen LogP contribution in [0.5, 0.6) is 0 Å². The molecule has 34 heavy (non-hydrogen) atoms. The van der Waals surface area contributed by atoms with Crippen molar-refractivity contribution >= 4 is 67.6 Å². The number of halogens is 2. The molecule has 0 spiro atoms. The Labute approximate surface area is 218 Å². The van der Waals surface area contributed by atoms with Gasteiger partial charge in [-0.25, -0.2) is 4.99 Å². The zero-order valence-corrected chi connectivity index (χ0v) is 23.2. The summed E-state index contributed by atoms with van der Waals surface area (Å²) in [5, 5.41) is 4.37. The molecule has 2 aromatic heterocycles. The number of hydrogen-bond acceptors (Lipinski definition) is 5. The van der Waals surface area contributed by atoms with E-state index in [1.807, 2.05) is 25.1 Å². The first-order valence-corrected chi connectivity index (χ1v) is 13.2. The molecule has 0 bridgehead atoms. The monoisotopic (exact) mass is 561 g/mol. The maximum Gasteiger partial charge on any atom is 0.259 e. The van der Waals surface area contributed by atoms with E-state index < -0.39 is 0 Å². The minimum atomic E-state index is -0.143. The summed E-state index contributed by atoms with van der Waals surface area (Å²) in [5.41, 5.74) is 2.72. The quantitative estimate of drug-likeness (QED) is 0.321. The molecule has 1 atom stereocenters. The maximum atomic E-state index is 13.4. The number of furan rings is 1. The van der Waals surface area contributed by atoms with Crippen LogP contribution in [0.25, 0.3) is 0 Å². The topological polar surface area (TPSA) is 57.8 Å². The fourth-order valence-electron chi connectivity index (χ4n) is 4.23. The van der Waals surface area contributed by atoms with Gasteiger partial charge in [0.15, 0.2) is 0 Å². The number of thiophene rings is 1. The fourth-order valence-corrected chi connectivity index (χ4v) is 6.29. The molecule has 0 radical (unpaired) electrons. The Morgan fingerprint density at radius 1 is 1.29 bits per heavy atom. The summed E-state index contributed by atoms with van der Waals surface area (Å²) in [6.45, 7) is 6.88. The van der Waals surface area contributed by atoms with Crippen molar-refractivity contribution in [1.82, 2.24) is 0 Å². The number of anilines is 2. The van der Waals surface area contributed by atoms with E-state index in [0.29, 0.717) is 33.0 Å². The number of amides is 1. The van der Waals surface area contributed by atoms with Crippen LogP contribution in [-0.2, 0) is 12.8 Å². The Hall–Kier alpha value is -2.09. The number of hydrogen-bond donors (Lipinski definition) is 1. The normalized spacial score (nSPS) is 16.0. The summed E-state index contributed by atoms with van der Waals surface area (Å²) in [7, 11) is 3.84. The SMILES string of the molecule is CN(C)c1oc(C=Nc2sc3c(c2C(=O)Nc2ccc(Cl)cc2)CC[C@H](C(C)(C)C)C3)cc1Br. The molecular formula is C26H29BrClN3O2S. The van der Waals surface area contributed by atoms with Gasteiger partial charge in [0.05, 0.1) is 16.3 Å². The minimum absolute atomic E-state index is 0.143. The van der Waals surface area contributed by atoms with Crippen molar-refractivity contribution in [3.05, 3.63) is 61.6 Å². The molecule has 2 heterocycles. The molecule has 1 amide bonds. The largest absolute Gasteiger partial charge is 0.438 e. The number of fused-ring (bicyclic) bond motifs is 1. The molecule has 0 fully saturated rings. The number of rotatable bonds is 5. The third-order valence-electron chi connectivity index (χ3n) is 6.20. The number of nitrogens with zero attached hydrogens (tertiary/aromatic N) is 2. The smallest absolute Gasteiger partial charge is 0.259 e. The Morgan fingerprint density at radius 2 is 2.00 bits per heavy atom. The van der Waals surface area contributed by atoms with Crippen LogP contribution in [0.1, 0.15) is 53.8 Å². The Bertz CT molecular complexity index is 1220. The van der Waals surface area contributed by atoms with Gasteiger partial charge in [0, 0.05) is 35.7 Å². The lowest BCUT2D eigenvalue weighted by Crippen LogP contribution is -2.27. The molecule has 3 aromatic rings. The summed E-state index contributed by atoms with van der Waals surface area (Å²) in [4.78, 5) is 21.3. The van der Waals surface area contributed by atoms with Crippen molar-refractivity contribution in [3.63, 3.8) is 0 Å². The predicted molar refractivity (Wildman–Crippen MR) is 147 cm³/mol. The number of aliphatic imine (C=N–C) groups is 1. The van der Waals surface area contributed by atoms with E-state index in [4.69, 9.17) is 21.0 Å². The minimum Gasteiger partial charge on any atom is -0.438 e. The zero-order chi connectivity index (χ0) is 24.6. The van der Waals surface area contributed by atoms with Crippen LogP contribution in [0.2, 0.25) is 5.02 Å². The molecule has 0 aliphatic heterocycles. The van der Waals surface area contributed by atoms with Crippen LogP contribution < -0.4 is 10.2 Å². The van der Waals surface area contributed by atoms with Gasteiger partial charge in [-0.3, -0.25) is 4.79 Å². The highest BCUT2D eigenvalue weighted by Crippen LogP contribution is 2.45. The molecule has 5 nitrogen and oxygen atoms in total. The molecule has 1 aliphatic rings. The molecule has 1 aromatic carbocycles. The molecule has 4 rings (SSSR count). The second kappa shape index (κ2) is 9.88. The lowest BCUT2D eigenvalue weighted by atomic mass is 9.72. The third kappa shape index (κ3) is 5.42. The van der Waals surface area contributed by atoms with Crippen molar-refractivity contribution < 1.29 is 9.21 Å². The standard InChI is InChI=1S/C26H29BrClN3O2S/c1-26(2,3)15-6-11-19-21(12-15)34-24(29-14-18-13-20(27)25(33-18)31(4)5)22(19)23(32)30-17-9-7-16(28)8-10-17/h7-10,13-15H,6,11-12H2,1-5H3,(H,30,32)/t15-/m0/s1. The third-order valence-corrected chi connectivity index (χ3v) is 8.19.